The lowest BCUT2D eigenvalue weighted by Gasteiger charge is -1.91. The molecule has 2 nitrogen and oxygen atoms in total. The van der Waals surface area contributed by atoms with Gasteiger partial charge in [-0.05, 0) is 18.6 Å². The predicted molar refractivity (Wildman–Crippen MR) is 36.9 cm³/mol. The molecule has 1 atom stereocenters. The van der Waals surface area contributed by atoms with Crippen LogP contribution in [-0.2, 0) is 11.2 Å². The molecule has 0 aromatic carbocycles. The number of aryl methyl sites for hydroxylation is 1. The lowest BCUT2D eigenvalue weighted by Crippen LogP contribution is -1.91. The number of hydrogen-bond donors (Lipinski definition) is 0. The Kier molecular flexibility index (Phi) is 1.27. The van der Waals surface area contributed by atoms with Crippen LogP contribution in [0, 0.1) is 6.92 Å². The highest BCUT2D eigenvalue weighted by molar-refractivity contribution is 5.15. The average molecular weight is 138 g/mol. The molecule has 1 unspecified atom stereocenters. The quantitative estimate of drug-likeness (QED) is 0.579. The SMILES string of the molecule is Cc1ccoc1CC1CO1. The van der Waals surface area contributed by atoms with E-state index in [0.717, 1.165) is 18.8 Å². The summed E-state index contributed by atoms with van der Waals surface area (Å²) >= 11 is 0. The normalized spacial score (nSPS) is 23.1. The van der Waals surface area contributed by atoms with Crippen molar-refractivity contribution in [3.63, 3.8) is 0 Å². The van der Waals surface area contributed by atoms with Crippen molar-refractivity contribution in [1.82, 2.24) is 0 Å². The van der Waals surface area contributed by atoms with Gasteiger partial charge in [0.2, 0.25) is 0 Å². The predicted octanol–water partition coefficient (Wildman–Crippen LogP) is 1.53. The zero-order valence-corrected chi connectivity index (χ0v) is 5.96. The molecule has 1 fully saturated rings. The van der Waals surface area contributed by atoms with Crippen LogP contribution in [-0.4, -0.2) is 12.7 Å². The Bertz CT molecular complexity index is 223. The first-order valence-corrected chi connectivity index (χ1v) is 3.51. The zero-order chi connectivity index (χ0) is 6.97. The van der Waals surface area contributed by atoms with Crippen LogP contribution in [0.25, 0.3) is 0 Å². The zero-order valence-electron chi connectivity index (χ0n) is 5.96. The largest absolute Gasteiger partial charge is 0.469 e. The second-order valence-corrected chi connectivity index (χ2v) is 2.69. The Balaban J connectivity index is 2.08. The van der Waals surface area contributed by atoms with Crippen molar-refractivity contribution >= 4 is 0 Å². The first-order chi connectivity index (χ1) is 4.86. The van der Waals surface area contributed by atoms with E-state index in [4.69, 9.17) is 9.15 Å². The van der Waals surface area contributed by atoms with E-state index in [0.29, 0.717) is 6.10 Å². The summed E-state index contributed by atoms with van der Waals surface area (Å²) in [6.45, 7) is 2.96. The van der Waals surface area contributed by atoms with Gasteiger partial charge < -0.3 is 9.15 Å². The summed E-state index contributed by atoms with van der Waals surface area (Å²) < 4.78 is 10.3. The summed E-state index contributed by atoms with van der Waals surface area (Å²) in [6.07, 6.45) is 3.11. The second-order valence-electron chi connectivity index (χ2n) is 2.69. The number of rotatable bonds is 2. The number of hydrogen-bond acceptors (Lipinski definition) is 2. The number of epoxide rings is 1. The fraction of sp³-hybridized carbons (Fsp3) is 0.500. The van der Waals surface area contributed by atoms with Crippen molar-refractivity contribution < 1.29 is 9.15 Å². The van der Waals surface area contributed by atoms with Gasteiger partial charge in [0.05, 0.1) is 19.0 Å². The van der Waals surface area contributed by atoms with E-state index in [1.54, 1.807) is 6.26 Å². The minimum atomic E-state index is 0.435. The van der Waals surface area contributed by atoms with Gasteiger partial charge in [0.1, 0.15) is 5.76 Å². The van der Waals surface area contributed by atoms with Gasteiger partial charge in [-0.3, -0.25) is 0 Å². The topological polar surface area (TPSA) is 25.7 Å². The molecular weight excluding hydrogens is 128 g/mol. The molecule has 1 saturated heterocycles. The third-order valence-electron chi connectivity index (χ3n) is 1.78. The van der Waals surface area contributed by atoms with E-state index in [2.05, 4.69) is 6.92 Å². The van der Waals surface area contributed by atoms with Crippen molar-refractivity contribution in [3.05, 3.63) is 23.7 Å². The Morgan fingerprint density at radius 3 is 3.00 bits per heavy atom. The maximum absolute atomic E-state index is 5.24. The van der Waals surface area contributed by atoms with Crippen molar-refractivity contribution in [2.45, 2.75) is 19.4 Å². The van der Waals surface area contributed by atoms with Crippen LogP contribution in [0.5, 0.6) is 0 Å². The van der Waals surface area contributed by atoms with E-state index in [1.807, 2.05) is 6.07 Å². The minimum absolute atomic E-state index is 0.435. The Morgan fingerprint density at radius 2 is 2.50 bits per heavy atom. The molecule has 1 aliphatic rings. The molecule has 2 heterocycles. The molecule has 0 bridgehead atoms. The van der Waals surface area contributed by atoms with Crippen LogP contribution in [0.2, 0.25) is 0 Å². The lowest BCUT2D eigenvalue weighted by atomic mass is 10.2. The number of ether oxygens (including phenoxy) is 1. The summed E-state index contributed by atoms with van der Waals surface area (Å²) in [5, 5.41) is 0. The molecule has 1 aromatic heterocycles. The maximum atomic E-state index is 5.24. The molecule has 0 radical (unpaired) electrons. The fourth-order valence-corrected chi connectivity index (χ4v) is 1.01. The van der Waals surface area contributed by atoms with Crippen LogP contribution in [0.4, 0.5) is 0 Å². The first-order valence-electron chi connectivity index (χ1n) is 3.51. The third kappa shape index (κ3) is 1.07. The minimum Gasteiger partial charge on any atom is -0.469 e. The van der Waals surface area contributed by atoms with Gasteiger partial charge in [0, 0.05) is 6.42 Å². The summed E-state index contributed by atoms with van der Waals surface area (Å²) in [6, 6.07) is 1.98. The van der Waals surface area contributed by atoms with E-state index in [9.17, 15) is 0 Å². The van der Waals surface area contributed by atoms with Crippen molar-refractivity contribution in [2.75, 3.05) is 6.61 Å². The lowest BCUT2D eigenvalue weighted by molar-refractivity contribution is 0.387. The highest BCUT2D eigenvalue weighted by atomic mass is 16.6. The first kappa shape index (κ1) is 5.98. The van der Waals surface area contributed by atoms with Crippen LogP contribution in [0.3, 0.4) is 0 Å². The molecule has 0 N–H and O–H groups in total. The van der Waals surface area contributed by atoms with Crippen LogP contribution < -0.4 is 0 Å². The Hall–Kier alpha value is -0.760. The molecule has 0 aliphatic carbocycles. The highest BCUT2D eigenvalue weighted by Gasteiger charge is 2.24. The van der Waals surface area contributed by atoms with Gasteiger partial charge in [0.15, 0.2) is 0 Å². The standard InChI is InChI=1S/C8H10O2/c1-6-2-3-9-8(6)4-7-5-10-7/h2-3,7H,4-5H2,1H3. The van der Waals surface area contributed by atoms with Gasteiger partial charge in [-0.25, -0.2) is 0 Å². The van der Waals surface area contributed by atoms with E-state index >= 15 is 0 Å². The average Bonchev–Trinajstić information content (AvgIpc) is 2.62. The maximum Gasteiger partial charge on any atom is 0.109 e. The summed E-state index contributed by atoms with van der Waals surface area (Å²) in [5.41, 5.74) is 1.23. The van der Waals surface area contributed by atoms with Gasteiger partial charge >= 0.3 is 0 Å². The smallest absolute Gasteiger partial charge is 0.109 e. The van der Waals surface area contributed by atoms with Gasteiger partial charge in [-0.1, -0.05) is 0 Å². The fourth-order valence-electron chi connectivity index (χ4n) is 1.01. The number of furan rings is 1. The monoisotopic (exact) mass is 138 g/mol. The molecule has 0 amide bonds. The Labute approximate surface area is 59.8 Å². The highest BCUT2D eigenvalue weighted by Crippen LogP contribution is 2.18. The molecule has 10 heavy (non-hydrogen) atoms. The van der Waals surface area contributed by atoms with Crippen LogP contribution in [0.15, 0.2) is 16.7 Å². The molecule has 2 heteroatoms. The van der Waals surface area contributed by atoms with Gasteiger partial charge in [-0.15, -0.1) is 0 Å². The summed E-state index contributed by atoms with van der Waals surface area (Å²) in [7, 11) is 0. The van der Waals surface area contributed by atoms with Crippen molar-refractivity contribution in [1.29, 1.82) is 0 Å². The van der Waals surface area contributed by atoms with Crippen molar-refractivity contribution in [2.24, 2.45) is 0 Å². The molecular formula is C8H10O2. The molecule has 1 aliphatic heterocycles. The molecule has 54 valence electrons. The molecule has 0 saturated carbocycles. The molecule has 0 spiro atoms. The van der Waals surface area contributed by atoms with Crippen molar-refractivity contribution in [3.8, 4) is 0 Å². The summed E-state index contributed by atoms with van der Waals surface area (Å²) in [4.78, 5) is 0. The van der Waals surface area contributed by atoms with E-state index in [1.165, 1.54) is 5.56 Å². The van der Waals surface area contributed by atoms with E-state index in [-0.39, 0.29) is 0 Å². The Morgan fingerprint density at radius 1 is 1.70 bits per heavy atom. The summed E-state index contributed by atoms with van der Waals surface area (Å²) in [5.74, 6) is 1.07. The molecule has 1 aromatic rings. The van der Waals surface area contributed by atoms with Crippen LogP contribution in [0.1, 0.15) is 11.3 Å². The van der Waals surface area contributed by atoms with Gasteiger partial charge in [-0.2, -0.15) is 0 Å². The van der Waals surface area contributed by atoms with Gasteiger partial charge in [0.25, 0.3) is 0 Å². The second kappa shape index (κ2) is 2.13. The molecule has 2 rings (SSSR count). The third-order valence-corrected chi connectivity index (χ3v) is 1.78. The van der Waals surface area contributed by atoms with Crippen LogP contribution >= 0.6 is 0 Å². The van der Waals surface area contributed by atoms with E-state index < -0.39 is 0 Å².